The van der Waals surface area contributed by atoms with Crippen LogP contribution in [0.4, 0.5) is 0 Å². The summed E-state index contributed by atoms with van der Waals surface area (Å²) in [7, 11) is 6.40. The van der Waals surface area contributed by atoms with Crippen LogP contribution in [0.15, 0.2) is 0 Å². The van der Waals surface area contributed by atoms with Crippen molar-refractivity contribution >= 4 is 0 Å². The fourth-order valence-corrected chi connectivity index (χ4v) is 0.387. The van der Waals surface area contributed by atoms with E-state index in [1.807, 2.05) is 0 Å². The van der Waals surface area contributed by atoms with E-state index in [2.05, 4.69) is 21.1 Å². The summed E-state index contributed by atoms with van der Waals surface area (Å²) in [6.45, 7) is 1.84. The number of nitrogens with two attached hydrogens (primary N) is 1. The molecule has 8 heavy (non-hydrogen) atoms. The zero-order valence-electron chi connectivity index (χ0n) is 6.44. The van der Waals surface area contributed by atoms with Crippen LogP contribution in [0.5, 0.6) is 0 Å². The summed E-state index contributed by atoms with van der Waals surface area (Å²) in [5.41, 5.74) is 5.30. The molecule has 0 amide bonds. The molecule has 0 aliphatic rings. The Labute approximate surface area is 63.8 Å². The Morgan fingerprint density at radius 1 is 1.25 bits per heavy atom. The first-order chi connectivity index (χ1) is 3.06. The molecule has 0 radical (unpaired) electrons. The van der Waals surface area contributed by atoms with Crippen LogP contribution < -0.4 is 24.6 Å². The Kier molecular flexibility index (Phi) is 6.23. The standard InChI is InChI=1S/C5H15N2.Li/c1-7(2,3)5-4-6;/h4-6H2,1-3H3;/q2*+1. The van der Waals surface area contributed by atoms with Crippen molar-refractivity contribution < 1.29 is 23.3 Å². The monoisotopic (exact) mass is 110 g/mol. The Morgan fingerprint density at radius 3 is 1.62 bits per heavy atom. The Balaban J connectivity index is 0. The van der Waals surface area contributed by atoms with Crippen LogP contribution in [0.25, 0.3) is 0 Å². The molecule has 2 nitrogen and oxygen atoms in total. The van der Waals surface area contributed by atoms with Gasteiger partial charge in [-0.1, -0.05) is 0 Å². The maximum absolute atomic E-state index is 5.30. The molecule has 0 aromatic heterocycles. The summed E-state index contributed by atoms with van der Waals surface area (Å²) in [4.78, 5) is 0. The molecule has 3 heteroatoms. The molecule has 0 spiro atoms. The van der Waals surface area contributed by atoms with Gasteiger partial charge >= 0.3 is 18.9 Å². The van der Waals surface area contributed by atoms with Gasteiger partial charge in [0.2, 0.25) is 0 Å². The molecule has 0 aromatic carbocycles. The van der Waals surface area contributed by atoms with E-state index in [1.54, 1.807) is 0 Å². The SMILES string of the molecule is C[N+](C)(C)CCN.[Li+]. The van der Waals surface area contributed by atoms with E-state index >= 15 is 0 Å². The third-order valence-corrected chi connectivity index (χ3v) is 0.800. The van der Waals surface area contributed by atoms with Crippen molar-refractivity contribution in [3.05, 3.63) is 0 Å². The minimum Gasteiger partial charge on any atom is -0.330 e. The van der Waals surface area contributed by atoms with E-state index in [0.717, 1.165) is 17.6 Å². The average molecular weight is 110 g/mol. The molecule has 0 fully saturated rings. The first kappa shape index (κ1) is 11.3. The number of rotatable bonds is 2. The molecular formula is C5H15LiN2+2. The van der Waals surface area contributed by atoms with Crippen molar-refractivity contribution in [3.8, 4) is 0 Å². The quantitative estimate of drug-likeness (QED) is 0.292. The second-order valence-electron chi connectivity index (χ2n) is 2.80. The normalized spacial score (nSPS) is 10.5. The predicted octanol–water partition coefficient (Wildman–Crippen LogP) is -3.34. The van der Waals surface area contributed by atoms with Crippen LogP contribution in [-0.2, 0) is 0 Å². The Morgan fingerprint density at radius 2 is 1.62 bits per heavy atom. The molecule has 0 unspecified atom stereocenters. The summed E-state index contributed by atoms with van der Waals surface area (Å²) in [6, 6.07) is 0. The van der Waals surface area contributed by atoms with E-state index in [4.69, 9.17) is 5.73 Å². The summed E-state index contributed by atoms with van der Waals surface area (Å²) < 4.78 is 0.969. The molecule has 0 aliphatic carbocycles. The zero-order chi connectivity index (χ0) is 5.91. The van der Waals surface area contributed by atoms with Crippen LogP contribution in [0.2, 0.25) is 0 Å². The predicted molar refractivity (Wildman–Crippen MR) is 32.0 cm³/mol. The largest absolute Gasteiger partial charge is 1.00 e. The van der Waals surface area contributed by atoms with Gasteiger partial charge in [-0.05, 0) is 0 Å². The van der Waals surface area contributed by atoms with Gasteiger partial charge in [0.05, 0.1) is 27.7 Å². The van der Waals surface area contributed by atoms with Crippen LogP contribution in [-0.4, -0.2) is 38.7 Å². The van der Waals surface area contributed by atoms with E-state index in [1.165, 1.54) is 0 Å². The van der Waals surface area contributed by atoms with E-state index in [0.29, 0.717) is 0 Å². The fraction of sp³-hybridized carbons (Fsp3) is 1.00. The van der Waals surface area contributed by atoms with Crippen LogP contribution in [0, 0.1) is 0 Å². The Bertz CT molecular complexity index is 48.9. The molecular weight excluding hydrogens is 95.0 g/mol. The fourth-order valence-electron chi connectivity index (χ4n) is 0.387. The van der Waals surface area contributed by atoms with Crippen LogP contribution in [0.1, 0.15) is 0 Å². The van der Waals surface area contributed by atoms with Crippen molar-refractivity contribution in [1.82, 2.24) is 0 Å². The molecule has 0 atom stereocenters. The summed E-state index contributed by atoms with van der Waals surface area (Å²) in [5.74, 6) is 0. The van der Waals surface area contributed by atoms with Gasteiger partial charge in [-0.3, -0.25) is 0 Å². The van der Waals surface area contributed by atoms with E-state index in [9.17, 15) is 0 Å². The maximum atomic E-state index is 5.30. The molecule has 0 saturated heterocycles. The number of hydrogen-bond donors (Lipinski definition) is 1. The average Bonchev–Trinajstić information content (AvgIpc) is 1.30. The van der Waals surface area contributed by atoms with Gasteiger partial charge in [0.15, 0.2) is 0 Å². The van der Waals surface area contributed by atoms with Crippen molar-refractivity contribution in [3.63, 3.8) is 0 Å². The molecule has 0 heterocycles. The summed E-state index contributed by atoms with van der Waals surface area (Å²) in [5, 5.41) is 0. The van der Waals surface area contributed by atoms with Gasteiger partial charge in [-0.15, -0.1) is 0 Å². The minimum atomic E-state index is 0. The molecule has 0 aliphatic heterocycles. The second kappa shape index (κ2) is 4.40. The van der Waals surface area contributed by atoms with Crippen LogP contribution >= 0.6 is 0 Å². The van der Waals surface area contributed by atoms with Gasteiger partial charge in [0.1, 0.15) is 0 Å². The maximum Gasteiger partial charge on any atom is 1.00 e. The van der Waals surface area contributed by atoms with Gasteiger partial charge in [0.25, 0.3) is 0 Å². The number of nitrogens with zero attached hydrogens (tertiary/aromatic N) is 1. The number of quaternary nitrogens is 1. The Hall–Kier alpha value is 0.517. The number of hydrogen-bond acceptors (Lipinski definition) is 1. The third-order valence-electron chi connectivity index (χ3n) is 0.800. The molecule has 2 N–H and O–H groups in total. The minimum absolute atomic E-state index is 0. The van der Waals surface area contributed by atoms with Gasteiger partial charge in [-0.2, -0.15) is 0 Å². The van der Waals surface area contributed by atoms with Crippen molar-refractivity contribution in [1.29, 1.82) is 0 Å². The molecule has 0 aromatic rings. The summed E-state index contributed by atoms with van der Waals surface area (Å²) >= 11 is 0. The van der Waals surface area contributed by atoms with Crippen molar-refractivity contribution in [2.45, 2.75) is 0 Å². The second-order valence-corrected chi connectivity index (χ2v) is 2.80. The van der Waals surface area contributed by atoms with Gasteiger partial charge < -0.3 is 10.2 Å². The zero-order valence-corrected chi connectivity index (χ0v) is 6.44. The number of likely N-dealkylation sites (N-methyl/N-ethyl adjacent to an activating group) is 1. The first-order valence-electron chi connectivity index (χ1n) is 2.57. The van der Waals surface area contributed by atoms with Gasteiger partial charge in [-0.25, -0.2) is 0 Å². The first-order valence-corrected chi connectivity index (χ1v) is 2.57. The third kappa shape index (κ3) is 9.72. The van der Waals surface area contributed by atoms with E-state index in [-0.39, 0.29) is 18.9 Å². The van der Waals surface area contributed by atoms with Crippen LogP contribution in [0.3, 0.4) is 0 Å². The molecule has 0 bridgehead atoms. The summed E-state index contributed by atoms with van der Waals surface area (Å²) in [6.07, 6.45) is 0. The molecule has 44 valence electrons. The molecule has 0 saturated carbocycles. The van der Waals surface area contributed by atoms with E-state index < -0.39 is 0 Å². The van der Waals surface area contributed by atoms with Gasteiger partial charge in [0, 0.05) is 6.54 Å². The topological polar surface area (TPSA) is 26.0 Å². The van der Waals surface area contributed by atoms with Crippen molar-refractivity contribution in [2.75, 3.05) is 34.2 Å². The smallest absolute Gasteiger partial charge is 0.330 e. The van der Waals surface area contributed by atoms with Crippen molar-refractivity contribution in [2.24, 2.45) is 5.73 Å². The molecule has 0 rings (SSSR count).